The van der Waals surface area contributed by atoms with Gasteiger partial charge in [0.1, 0.15) is 0 Å². The predicted molar refractivity (Wildman–Crippen MR) is 137 cm³/mol. The number of methoxy groups -OCH3 is 1. The third-order valence-electron chi connectivity index (χ3n) is 12.2. The Labute approximate surface area is 223 Å². The number of rotatable bonds is 7. The summed E-state index contributed by atoms with van der Waals surface area (Å²) in [7, 11) is 1.36. The Hall–Kier alpha value is -2.70. The summed E-state index contributed by atoms with van der Waals surface area (Å²) in [6, 6.07) is 9.04. The van der Waals surface area contributed by atoms with Gasteiger partial charge in [-0.25, -0.2) is 0 Å². The van der Waals surface area contributed by atoms with Gasteiger partial charge < -0.3 is 9.84 Å². The van der Waals surface area contributed by atoms with E-state index >= 15 is 0 Å². The minimum absolute atomic E-state index is 0.000490. The summed E-state index contributed by atoms with van der Waals surface area (Å²) in [4.78, 5) is 55.5. The number of carbonyl (C=O) groups excluding carboxylic acids is 3. The molecule has 14 atom stereocenters. The van der Waals surface area contributed by atoms with E-state index in [9.17, 15) is 24.3 Å². The topological polar surface area (TPSA) is 101 Å². The highest BCUT2D eigenvalue weighted by Crippen LogP contribution is 2.78. The summed E-state index contributed by atoms with van der Waals surface area (Å²) < 4.78 is 5.36. The van der Waals surface area contributed by atoms with Crippen molar-refractivity contribution in [1.29, 1.82) is 0 Å². The van der Waals surface area contributed by atoms with Gasteiger partial charge >= 0.3 is 11.9 Å². The highest BCUT2D eigenvalue weighted by atomic mass is 16.5. The van der Waals surface area contributed by atoms with Crippen molar-refractivity contribution in [2.24, 2.45) is 82.9 Å². The van der Waals surface area contributed by atoms with E-state index in [0.29, 0.717) is 35.3 Å². The van der Waals surface area contributed by atoms with Crippen LogP contribution >= 0.6 is 0 Å². The van der Waals surface area contributed by atoms with Crippen LogP contribution in [0.25, 0.3) is 0 Å². The smallest absolute Gasteiger partial charge is 0.309 e. The Morgan fingerprint density at radius 1 is 0.895 bits per heavy atom. The molecule has 202 valence electrons. The van der Waals surface area contributed by atoms with Crippen LogP contribution in [-0.2, 0) is 23.9 Å². The molecule has 1 N–H and O–H groups in total. The Balaban J connectivity index is 1.28. The summed E-state index contributed by atoms with van der Waals surface area (Å²) in [5.41, 5.74) is 0.573. The predicted octanol–water partition coefficient (Wildman–Crippen LogP) is 4.11. The third kappa shape index (κ3) is 3.07. The number of carboxylic acids is 1. The molecule has 6 bridgehead atoms. The fourth-order valence-electron chi connectivity index (χ4n) is 11.0. The number of aliphatic carboxylic acids is 1. The number of imide groups is 1. The molecule has 2 amide bonds. The monoisotopic (exact) mass is 519 g/mol. The van der Waals surface area contributed by atoms with E-state index in [1.165, 1.54) is 12.0 Å². The normalized spacial score (nSPS) is 45.5. The maximum absolute atomic E-state index is 14.0. The molecule has 1 heterocycles. The van der Waals surface area contributed by atoms with Gasteiger partial charge in [-0.05, 0) is 97.0 Å². The second-order valence-corrected chi connectivity index (χ2v) is 13.2. The molecule has 7 fully saturated rings. The number of nitrogens with zero attached hydrogens (tertiary/aromatic N) is 1. The summed E-state index contributed by atoms with van der Waals surface area (Å²) in [6.45, 7) is 4.09. The maximum atomic E-state index is 14.0. The van der Waals surface area contributed by atoms with Gasteiger partial charge in [0, 0.05) is 5.92 Å². The van der Waals surface area contributed by atoms with E-state index in [1.807, 2.05) is 25.1 Å². The fourth-order valence-corrected chi connectivity index (χ4v) is 11.0. The number of esters is 1. The number of benzene rings is 1. The van der Waals surface area contributed by atoms with Crippen LogP contribution in [0.3, 0.4) is 0 Å². The summed E-state index contributed by atoms with van der Waals surface area (Å²) in [5.74, 6) is -1.94. The molecular formula is C31H37NO6. The zero-order valence-corrected chi connectivity index (χ0v) is 22.2. The van der Waals surface area contributed by atoms with Crippen LogP contribution < -0.4 is 4.90 Å². The zero-order valence-electron chi connectivity index (χ0n) is 22.2. The second-order valence-electron chi connectivity index (χ2n) is 13.2. The van der Waals surface area contributed by atoms with Crippen LogP contribution in [0, 0.1) is 82.9 Å². The fraction of sp³-hybridized carbons (Fsp3) is 0.677. The van der Waals surface area contributed by atoms with Gasteiger partial charge in [-0.1, -0.05) is 32.0 Å². The molecule has 7 heteroatoms. The SMILES string of the molecule is COC(=O)C(C(C(=O)O)C1C2CC3C(C2C)C31)C1C2CCC(C2)C1C1C(=O)N(c2ccccc2)C(=O)C1C. The molecule has 1 saturated heterocycles. The van der Waals surface area contributed by atoms with Crippen molar-refractivity contribution in [3.63, 3.8) is 0 Å². The number of fused-ring (bicyclic) bond motifs is 2. The first kappa shape index (κ1) is 24.3. The van der Waals surface area contributed by atoms with Crippen LogP contribution in [0.15, 0.2) is 30.3 Å². The second kappa shape index (κ2) is 8.40. The average Bonchev–Trinajstić information content (AvgIpc) is 3.47. The highest BCUT2D eigenvalue weighted by Gasteiger charge is 2.75. The largest absolute Gasteiger partial charge is 0.481 e. The molecule has 8 rings (SSSR count). The van der Waals surface area contributed by atoms with Gasteiger partial charge in [0.25, 0.3) is 0 Å². The molecule has 6 saturated carbocycles. The number of hydrogen-bond donors (Lipinski definition) is 1. The summed E-state index contributed by atoms with van der Waals surface area (Å²) in [5, 5.41) is 10.7. The Kier molecular flexibility index (Phi) is 5.38. The molecule has 1 aromatic carbocycles. The Bertz CT molecular complexity index is 1200. The molecule has 14 unspecified atom stereocenters. The van der Waals surface area contributed by atoms with Crippen molar-refractivity contribution < 1.29 is 29.0 Å². The van der Waals surface area contributed by atoms with E-state index in [4.69, 9.17) is 4.74 Å². The van der Waals surface area contributed by atoms with Crippen LogP contribution in [0.4, 0.5) is 5.69 Å². The van der Waals surface area contributed by atoms with Crippen molar-refractivity contribution >= 4 is 29.4 Å². The van der Waals surface area contributed by atoms with Gasteiger partial charge in [-0.3, -0.25) is 24.1 Å². The van der Waals surface area contributed by atoms with E-state index < -0.39 is 35.6 Å². The van der Waals surface area contributed by atoms with Gasteiger partial charge in [0.05, 0.1) is 30.6 Å². The maximum Gasteiger partial charge on any atom is 0.309 e. The van der Waals surface area contributed by atoms with E-state index in [0.717, 1.165) is 25.7 Å². The van der Waals surface area contributed by atoms with E-state index in [2.05, 4.69) is 6.92 Å². The molecule has 1 aliphatic heterocycles. The first-order chi connectivity index (χ1) is 18.3. The van der Waals surface area contributed by atoms with Crippen molar-refractivity contribution in [1.82, 2.24) is 0 Å². The molecule has 0 spiro atoms. The molecule has 6 aliphatic carbocycles. The van der Waals surface area contributed by atoms with E-state index in [1.54, 1.807) is 12.1 Å². The molecule has 7 aliphatic rings. The van der Waals surface area contributed by atoms with Crippen LogP contribution in [-0.4, -0.2) is 36.0 Å². The lowest BCUT2D eigenvalue weighted by Crippen LogP contribution is -2.48. The van der Waals surface area contributed by atoms with Gasteiger partial charge in [0.15, 0.2) is 0 Å². The number of para-hydroxylation sites is 1. The van der Waals surface area contributed by atoms with Crippen molar-refractivity contribution in [2.75, 3.05) is 12.0 Å². The molecule has 7 nitrogen and oxygen atoms in total. The number of amides is 2. The summed E-state index contributed by atoms with van der Waals surface area (Å²) >= 11 is 0. The van der Waals surface area contributed by atoms with Crippen molar-refractivity contribution in [3.8, 4) is 0 Å². The van der Waals surface area contributed by atoms with Crippen LogP contribution in [0.1, 0.15) is 39.5 Å². The molecule has 38 heavy (non-hydrogen) atoms. The zero-order chi connectivity index (χ0) is 26.6. The van der Waals surface area contributed by atoms with Crippen molar-refractivity contribution in [3.05, 3.63) is 30.3 Å². The highest BCUT2D eigenvalue weighted by molar-refractivity contribution is 6.22. The first-order valence-corrected chi connectivity index (χ1v) is 14.5. The lowest BCUT2D eigenvalue weighted by molar-refractivity contribution is -0.165. The number of carbonyl (C=O) groups is 4. The summed E-state index contributed by atoms with van der Waals surface area (Å²) in [6.07, 6.45) is 3.88. The lowest BCUT2D eigenvalue weighted by atomic mass is 9.60. The van der Waals surface area contributed by atoms with Crippen LogP contribution in [0.2, 0.25) is 0 Å². The molecule has 0 radical (unpaired) electrons. The standard InChI is InChI=1S/C31H37NO6/c1-13-18-12-19-20(13)25(19)24(18)26(30(35)36)27(31(37)38-3)23-16-10-9-15(11-16)22(23)21-14(2)28(33)32(29(21)34)17-7-5-4-6-8-17/h4-8,13-16,18-27H,9-12H2,1-3H3,(H,35,36). The van der Waals surface area contributed by atoms with Gasteiger partial charge in [-0.2, -0.15) is 0 Å². The number of hydrogen-bond acceptors (Lipinski definition) is 5. The quantitative estimate of drug-likeness (QED) is 0.430. The van der Waals surface area contributed by atoms with Crippen molar-refractivity contribution in [2.45, 2.75) is 39.5 Å². The lowest BCUT2D eigenvalue weighted by Gasteiger charge is -2.42. The van der Waals surface area contributed by atoms with E-state index in [-0.39, 0.29) is 41.4 Å². The number of ether oxygens (including phenoxy) is 1. The molecule has 0 aromatic heterocycles. The van der Waals surface area contributed by atoms with Gasteiger partial charge in [-0.15, -0.1) is 0 Å². The Morgan fingerprint density at radius 2 is 1.61 bits per heavy atom. The molecular weight excluding hydrogens is 482 g/mol. The first-order valence-electron chi connectivity index (χ1n) is 14.5. The Morgan fingerprint density at radius 3 is 2.18 bits per heavy atom. The van der Waals surface area contributed by atoms with Gasteiger partial charge in [0.2, 0.25) is 11.8 Å². The van der Waals surface area contributed by atoms with Crippen LogP contribution in [0.5, 0.6) is 0 Å². The minimum Gasteiger partial charge on any atom is -0.481 e. The molecule has 1 aromatic rings. The minimum atomic E-state index is -0.898. The third-order valence-corrected chi connectivity index (χ3v) is 12.2. The average molecular weight is 520 g/mol. The number of anilines is 1. The number of carboxylic acid groups (broad SMARTS) is 1.